The van der Waals surface area contributed by atoms with Crippen LogP contribution in [0.1, 0.15) is 25.2 Å². The summed E-state index contributed by atoms with van der Waals surface area (Å²) in [7, 11) is 0. The van der Waals surface area contributed by atoms with Gasteiger partial charge in [-0.25, -0.2) is 4.98 Å². The average molecular weight is 248 g/mol. The van der Waals surface area contributed by atoms with Crippen LogP contribution in [-0.2, 0) is 17.6 Å². The molecule has 1 aromatic rings. The van der Waals surface area contributed by atoms with Gasteiger partial charge in [0, 0.05) is 0 Å². The topological polar surface area (TPSA) is 79.2 Å². The molecule has 0 aromatic carbocycles. The number of carboxylic acids is 1. The van der Waals surface area contributed by atoms with Crippen LogP contribution in [0.25, 0.3) is 0 Å². The van der Waals surface area contributed by atoms with Crippen LogP contribution in [-0.4, -0.2) is 39.3 Å². The number of anilines is 1. The molecule has 0 atom stereocenters. The van der Waals surface area contributed by atoms with E-state index in [4.69, 9.17) is 11.5 Å². The highest BCUT2D eigenvalue weighted by Gasteiger charge is 2.15. The van der Waals surface area contributed by atoms with E-state index in [1.54, 1.807) is 0 Å². The maximum absolute atomic E-state index is 10.7. The van der Waals surface area contributed by atoms with Gasteiger partial charge in [-0.2, -0.15) is 5.10 Å². The number of hydrogen-bond acceptors (Lipinski definition) is 5. The largest absolute Gasteiger partial charge is 0.480 e. The normalized spacial score (nSPS) is 9.83. The van der Waals surface area contributed by atoms with Gasteiger partial charge in [-0.1, -0.05) is 19.8 Å². The Morgan fingerprint density at radius 3 is 2.50 bits per heavy atom. The monoisotopic (exact) mass is 248 g/mol. The molecule has 0 amide bonds. The van der Waals surface area contributed by atoms with Gasteiger partial charge in [0.25, 0.3) is 0 Å². The second-order valence-corrected chi connectivity index (χ2v) is 3.67. The Hall–Kier alpha value is -2.16. The number of carboxylic acid groups (broad SMARTS) is 1. The zero-order chi connectivity index (χ0) is 13.5. The molecule has 0 fully saturated rings. The van der Waals surface area contributed by atoms with Crippen LogP contribution >= 0.6 is 0 Å². The van der Waals surface area contributed by atoms with Crippen LogP contribution in [0.4, 0.5) is 5.95 Å². The number of rotatable bonds is 6. The Balaban J connectivity index is 3.05. The molecule has 0 saturated heterocycles. The van der Waals surface area contributed by atoms with Gasteiger partial charge in [-0.15, -0.1) is 11.5 Å². The lowest BCUT2D eigenvalue weighted by Gasteiger charge is -2.18. The summed E-state index contributed by atoms with van der Waals surface area (Å²) in [5, 5.41) is 16.8. The molecule has 0 bridgehead atoms. The van der Waals surface area contributed by atoms with Crippen molar-refractivity contribution in [2.24, 2.45) is 0 Å². The highest BCUT2D eigenvalue weighted by Crippen LogP contribution is 2.10. The third-order valence-electron chi connectivity index (χ3n) is 2.39. The molecule has 6 nitrogen and oxygen atoms in total. The molecule has 0 radical (unpaired) electrons. The van der Waals surface area contributed by atoms with Crippen LogP contribution in [0.15, 0.2) is 0 Å². The Morgan fingerprint density at radius 2 is 2.00 bits per heavy atom. The first-order valence-electron chi connectivity index (χ1n) is 5.75. The van der Waals surface area contributed by atoms with Gasteiger partial charge in [0.2, 0.25) is 5.95 Å². The second kappa shape index (κ2) is 6.55. The van der Waals surface area contributed by atoms with Crippen LogP contribution in [0.3, 0.4) is 0 Å². The molecule has 1 rings (SSSR count). The van der Waals surface area contributed by atoms with Crippen LogP contribution in [0.5, 0.6) is 0 Å². The van der Waals surface area contributed by atoms with Crippen molar-refractivity contribution in [3.05, 3.63) is 11.4 Å². The minimum absolute atomic E-state index is 0.141. The molecule has 0 aliphatic rings. The number of hydrogen-bond donors (Lipinski definition) is 1. The van der Waals surface area contributed by atoms with Gasteiger partial charge in [-0.3, -0.25) is 4.79 Å². The van der Waals surface area contributed by atoms with Crippen molar-refractivity contribution < 1.29 is 9.90 Å². The van der Waals surface area contributed by atoms with E-state index in [2.05, 4.69) is 21.1 Å². The third-order valence-corrected chi connectivity index (χ3v) is 2.39. The van der Waals surface area contributed by atoms with Crippen LogP contribution < -0.4 is 4.90 Å². The number of aromatic nitrogens is 3. The molecule has 6 heteroatoms. The summed E-state index contributed by atoms with van der Waals surface area (Å²) in [5.41, 5.74) is 1.66. The van der Waals surface area contributed by atoms with E-state index in [1.807, 2.05) is 13.8 Å². The Morgan fingerprint density at radius 1 is 1.33 bits per heavy atom. The minimum Gasteiger partial charge on any atom is -0.480 e. The maximum atomic E-state index is 10.7. The van der Waals surface area contributed by atoms with Gasteiger partial charge < -0.3 is 10.0 Å². The zero-order valence-electron chi connectivity index (χ0n) is 10.6. The fourth-order valence-electron chi connectivity index (χ4n) is 1.53. The molecule has 0 saturated carbocycles. The molecule has 1 N–H and O–H groups in total. The lowest BCUT2D eigenvalue weighted by molar-refractivity contribution is -0.135. The van der Waals surface area contributed by atoms with Crippen molar-refractivity contribution >= 4 is 11.9 Å². The fraction of sp³-hybridized carbons (Fsp3) is 0.500. The highest BCUT2D eigenvalue weighted by atomic mass is 16.4. The van der Waals surface area contributed by atoms with Gasteiger partial charge in [-0.05, 0) is 12.8 Å². The highest BCUT2D eigenvalue weighted by molar-refractivity contribution is 5.72. The third kappa shape index (κ3) is 3.42. The average Bonchev–Trinajstić information content (AvgIpc) is 2.37. The Bertz CT molecular complexity index is 468. The summed E-state index contributed by atoms with van der Waals surface area (Å²) in [5.74, 6) is 1.68. The molecule has 1 heterocycles. The van der Waals surface area contributed by atoms with Gasteiger partial charge in [0.15, 0.2) is 0 Å². The number of carbonyl (C=O) groups is 1. The first kappa shape index (κ1) is 13.9. The predicted molar refractivity (Wildman–Crippen MR) is 67.3 cm³/mol. The molecule has 0 aliphatic carbocycles. The van der Waals surface area contributed by atoms with E-state index in [9.17, 15) is 4.79 Å². The molecule has 0 aliphatic heterocycles. The summed E-state index contributed by atoms with van der Waals surface area (Å²) >= 11 is 0. The number of terminal acetylenes is 1. The summed E-state index contributed by atoms with van der Waals surface area (Å²) in [4.78, 5) is 16.5. The number of nitrogens with zero attached hydrogens (tertiary/aromatic N) is 4. The van der Waals surface area contributed by atoms with E-state index in [0.717, 1.165) is 24.2 Å². The zero-order valence-corrected chi connectivity index (χ0v) is 10.6. The smallest absolute Gasteiger partial charge is 0.323 e. The van der Waals surface area contributed by atoms with Crippen molar-refractivity contribution in [1.82, 2.24) is 15.2 Å². The molecule has 18 heavy (non-hydrogen) atoms. The summed E-state index contributed by atoms with van der Waals surface area (Å²) < 4.78 is 0. The standard InChI is InChI=1S/C12H16N4O2/c1-4-7-16(8-11(17)18)12-13-9(5-2)10(6-3)14-15-12/h1H,5-8H2,2-3H3,(H,17,18). The molecule has 0 unspecified atom stereocenters. The lowest BCUT2D eigenvalue weighted by Crippen LogP contribution is -2.32. The summed E-state index contributed by atoms with van der Waals surface area (Å²) in [6.07, 6.45) is 6.68. The fourth-order valence-corrected chi connectivity index (χ4v) is 1.53. The first-order chi connectivity index (χ1) is 8.62. The SMILES string of the molecule is C#CCN(CC(=O)O)c1nnc(CC)c(CC)n1. The summed E-state index contributed by atoms with van der Waals surface area (Å²) in [6, 6.07) is 0. The molecular formula is C12H16N4O2. The van der Waals surface area contributed by atoms with Crippen molar-refractivity contribution in [1.29, 1.82) is 0 Å². The molecular weight excluding hydrogens is 232 g/mol. The van der Waals surface area contributed by atoms with Crippen LogP contribution in [0, 0.1) is 12.3 Å². The van der Waals surface area contributed by atoms with Crippen LogP contribution in [0.2, 0.25) is 0 Å². The molecule has 0 spiro atoms. The summed E-state index contributed by atoms with van der Waals surface area (Å²) in [6.45, 7) is 3.85. The van der Waals surface area contributed by atoms with Crippen molar-refractivity contribution in [2.75, 3.05) is 18.0 Å². The van der Waals surface area contributed by atoms with E-state index in [1.165, 1.54) is 4.90 Å². The molecule has 96 valence electrons. The quantitative estimate of drug-likeness (QED) is 0.739. The molecule has 1 aromatic heterocycles. The van der Waals surface area contributed by atoms with Crippen molar-refractivity contribution in [2.45, 2.75) is 26.7 Å². The van der Waals surface area contributed by atoms with Gasteiger partial charge >= 0.3 is 5.97 Å². The van der Waals surface area contributed by atoms with E-state index >= 15 is 0 Å². The van der Waals surface area contributed by atoms with E-state index in [-0.39, 0.29) is 19.0 Å². The second-order valence-electron chi connectivity index (χ2n) is 3.67. The van der Waals surface area contributed by atoms with Gasteiger partial charge in [0.1, 0.15) is 6.54 Å². The van der Waals surface area contributed by atoms with Crippen molar-refractivity contribution in [3.63, 3.8) is 0 Å². The number of aliphatic carboxylic acids is 1. The predicted octanol–water partition coefficient (Wildman–Crippen LogP) is 0.521. The maximum Gasteiger partial charge on any atom is 0.323 e. The Kier molecular flexibility index (Phi) is 5.06. The Labute approximate surface area is 106 Å². The van der Waals surface area contributed by atoms with E-state index in [0.29, 0.717) is 0 Å². The number of aryl methyl sites for hydroxylation is 2. The van der Waals surface area contributed by atoms with Gasteiger partial charge in [0.05, 0.1) is 17.9 Å². The van der Waals surface area contributed by atoms with Crippen molar-refractivity contribution in [3.8, 4) is 12.3 Å². The first-order valence-corrected chi connectivity index (χ1v) is 5.75. The lowest BCUT2D eigenvalue weighted by atomic mass is 10.2. The van der Waals surface area contributed by atoms with E-state index < -0.39 is 5.97 Å². The minimum atomic E-state index is -0.980.